The SMILES string of the molecule is Cc1ccc(C(=O)C(C)OCCC(F)(F)F)cc1. The van der Waals surface area contributed by atoms with Gasteiger partial charge in [0.05, 0.1) is 13.0 Å². The van der Waals surface area contributed by atoms with Gasteiger partial charge >= 0.3 is 6.18 Å². The van der Waals surface area contributed by atoms with Gasteiger partial charge in [-0.3, -0.25) is 4.79 Å². The molecule has 0 amide bonds. The third-order valence-corrected chi connectivity index (χ3v) is 2.46. The zero-order chi connectivity index (χ0) is 13.8. The van der Waals surface area contributed by atoms with Crippen LogP contribution in [0.15, 0.2) is 24.3 Å². The zero-order valence-electron chi connectivity index (χ0n) is 10.3. The Bertz CT molecular complexity index is 396. The Kier molecular flexibility index (Phi) is 4.90. The van der Waals surface area contributed by atoms with E-state index in [2.05, 4.69) is 0 Å². The van der Waals surface area contributed by atoms with E-state index in [1.54, 1.807) is 24.3 Å². The topological polar surface area (TPSA) is 26.3 Å². The summed E-state index contributed by atoms with van der Waals surface area (Å²) in [5, 5.41) is 0. The number of rotatable bonds is 5. The van der Waals surface area contributed by atoms with E-state index in [9.17, 15) is 18.0 Å². The summed E-state index contributed by atoms with van der Waals surface area (Å²) in [7, 11) is 0. The lowest BCUT2D eigenvalue weighted by molar-refractivity contribution is -0.146. The molecular weight excluding hydrogens is 245 g/mol. The van der Waals surface area contributed by atoms with Crippen LogP contribution in [0.4, 0.5) is 13.2 Å². The Balaban J connectivity index is 2.49. The Labute approximate surface area is 104 Å². The summed E-state index contributed by atoms with van der Waals surface area (Å²) >= 11 is 0. The summed E-state index contributed by atoms with van der Waals surface area (Å²) in [5.41, 5.74) is 1.46. The van der Waals surface area contributed by atoms with Crippen molar-refractivity contribution in [2.75, 3.05) is 6.61 Å². The van der Waals surface area contributed by atoms with Crippen LogP contribution in [0.2, 0.25) is 0 Å². The van der Waals surface area contributed by atoms with Crippen molar-refractivity contribution < 1.29 is 22.7 Å². The molecule has 0 heterocycles. The van der Waals surface area contributed by atoms with Gasteiger partial charge in [-0.25, -0.2) is 0 Å². The first kappa shape index (κ1) is 14.7. The summed E-state index contributed by atoms with van der Waals surface area (Å²) in [5.74, 6) is -0.308. The highest BCUT2D eigenvalue weighted by molar-refractivity contribution is 5.99. The Hall–Kier alpha value is -1.36. The molecule has 0 saturated heterocycles. The Morgan fingerprint density at radius 1 is 1.28 bits per heavy atom. The lowest BCUT2D eigenvalue weighted by Crippen LogP contribution is -2.23. The van der Waals surface area contributed by atoms with Crippen molar-refractivity contribution in [1.82, 2.24) is 0 Å². The summed E-state index contributed by atoms with van der Waals surface area (Å²) in [6.07, 6.45) is -6.17. The minimum atomic E-state index is -4.26. The lowest BCUT2D eigenvalue weighted by atomic mass is 10.1. The molecule has 0 aliphatic heterocycles. The molecule has 0 N–H and O–H groups in total. The third-order valence-electron chi connectivity index (χ3n) is 2.46. The van der Waals surface area contributed by atoms with Crippen LogP contribution in [0.5, 0.6) is 0 Å². The van der Waals surface area contributed by atoms with Crippen LogP contribution in [0.1, 0.15) is 29.3 Å². The quantitative estimate of drug-likeness (QED) is 0.757. The molecule has 1 unspecified atom stereocenters. The number of Topliss-reactive ketones (excluding diaryl/α,β-unsaturated/α-hetero) is 1. The van der Waals surface area contributed by atoms with E-state index >= 15 is 0 Å². The van der Waals surface area contributed by atoms with E-state index in [0.717, 1.165) is 5.56 Å². The molecule has 0 spiro atoms. The first-order chi connectivity index (χ1) is 8.29. The van der Waals surface area contributed by atoms with Gasteiger partial charge in [-0.15, -0.1) is 0 Å². The largest absolute Gasteiger partial charge is 0.391 e. The normalized spacial score (nSPS) is 13.4. The molecule has 0 saturated carbocycles. The van der Waals surface area contributed by atoms with E-state index in [1.807, 2.05) is 6.92 Å². The van der Waals surface area contributed by atoms with Crippen molar-refractivity contribution in [2.24, 2.45) is 0 Å². The van der Waals surface area contributed by atoms with Crippen LogP contribution in [-0.2, 0) is 4.74 Å². The van der Waals surface area contributed by atoms with Gasteiger partial charge in [0, 0.05) is 5.56 Å². The average Bonchev–Trinajstić information content (AvgIpc) is 2.27. The summed E-state index contributed by atoms with van der Waals surface area (Å²) in [6, 6.07) is 6.83. The van der Waals surface area contributed by atoms with Gasteiger partial charge in [-0.1, -0.05) is 29.8 Å². The fourth-order valence-corrected chi connectivity index (χ4v) is 1.38. The number of aryl methyl sites for hydroxylation is 1. The number of benzene rings is 1. The fraction of sp³-hybridized carbons (Fsp3) is 0.462. The molecule has 0 aliphatic carbocycles. The lowest BCUT2D eigenvalue weighted by Gasteiger charge is -2.13. The summed E-state index contributed by atoms with van der Waals surface area (Å²) in [4.78, 5) is 11.8. The minimum absolute atomic E-state index is 0.308. The van der Waals surface area contributed by atoms with Crippen molar-refractivity contribution in [3.05, 3.63) is 35.4 Å². The number of halogens is 3. The van der Waals surface area contributed by atoms with Crippen molar-refractivity contribution >= 4 is 5.78 Å². The molecule has 0 radical (unpaired) electrons. The van der Waals surface area contributed by atoms with Crippen molar-refractivity contribution in [1.29, 1.82) is 0 Å². The second-order valence-corrected chi connectivity index (χ2v) is 4.11. The van der Waals surface area contributed by atoms with Crippen molar-refractivity contribution in [3.8, 4) is 0 Å². The molecule has 0 fully saturated rings. The molecule has 0 bridgehead atoms. The summed E-state index contributed by atoms with van der Waals surface area (Å²) < 4.78 is 40.6. The second kappa shape index (κ2) is 6.00. The second-order valence-electron chi connectivity index (χ2n) is 4.11. The standard InChI is InChI=1S/C13H15F3O2/c1-9-3-5-11(6-4-9)12(17)10(2)18-8-7-13(14,15)16/h3-6,10H,7-8H2,1-2H3. The third kappa shape index (κ3) is 4.87. The number of ether oxygens (including phenoxy) is 1. The van der Waals surface area contributed by atoms with E-state index in [4.69, 9.17) is 4.74 Å². The fourth-order valence-electron chi connectivity index (χ4n) is 1.38. The van der Waals surface area contributed by atoms with Gasteiger partial charge < -0.3 is 4.74 Å². The first-order valence-corrected chi connectivity index (χ1v) is 5.59. The van der Waals surface area contributed by atoms with Gasteiger partial charge in [0.2, 0.25) is 0 Å². The van der Waals surface area contributed by atoms with Crippen LogP contribution in [0.3, 0.4) is 0 Å². The molecule has 18 heavy (non-hydrogen) atoms. The molecule has 1 atom stereocenters. The molecule has 100 valence electrons. The van der Waals surface area contributed by atoms with Crippen LogP contribution >= 0.6 is 0 Å². The van der Waals surface area contributed by atoms with Crippen LogP contribution in [-0.4, -0.2) is 24.7 Å². The van der Waals surface area contributed by atoms with Gasteiger partial charge in [0.25, 0.3) is 0 Å². The van der Waals surface area contributed by atoms with Crippen LogP contribution < -0.4 is 0 Å². The summed E-state index contributed by atoms with van der Waals surface area (Å²) in [6.45, 7) is 2.85. The van der Waals surface area contributed by atoms with E-state index in [0.29, 0.717) is 5.56 Å². The Morgan fingerprint density at radius 3 is 2.33 bits per heavy atom. The molecular formula is C13H15F3O2. The van der Waals surface area contributed by atoms with E-state index < -0.39 is 25.3 Å². The molecule has 0 aliphatic rings. The molecule has 1 aromatic carbocycles. The average molecular weight is 260 g/mol. The van der Waals surface area contributed by atoms with Gasteiger partial charge in [-0.2, -0.15) is 13.2 Å². The highest BCUT2D eigenvalue weighted by Crippen LogP contribution is 2.19. The molecule has 1 rings (SSSR count). The highest BCUT2D eigenvalue weighted by atomic mass is 19.4. The maximum Gasteiger partial charge on any atom is 0.391 e. The van der Waals surface area contributed by atoms with Crippen molar-refractivity contribution in [3.63, 3.8) is 0 Å². The predicted molar refractivity (Wildman–Crippen MR) is 61.6 cm³/mol. The maximum atomic E-state index is 11.9. The first-order valence-electron chi connectivity index (χ1n) is 5.59. The smallest absolute Gasteiger partial charge is 0.370 e. The Morgan fingerprint density at radius 2 is 1.83 bits per heavy atom. The van der Waals surface area contributed by atoms with E-state index in [1.165, 1.54) is 6.92 Å². The van der Waals surface area contributed by atoms with Gasteiger partial charge in [0.1, 0.15) is 6.10 Å². The maximum absolute atomic E-state index is 11.9. The van der Waals surface area contributed by atoms with Gasteiger partial charge in [0.15, 0.2) is 5.78 Å². The monoisotopic (exact) mass is 260 g/mol. The predicted octanol–water partition coefficient (Wildman–Crippen LogP) is 3.54. The number of hydrogen-bond donors (Lipinski definition) is 0. The number of hydrogen-bond acceptors (Lipinski definition) is 2. The number of carbonyl (C=O) groups excluding carboxylic acids is 1. The number of carbonyl (C=O) groups is 1. The number of alkyl halides is 3. The highest BCUT2D eigenvalue weighted by Gasteiger charge is 2.27. The number of ketones is 1. The van der Waals surface area contributed by atoms with Crippen molar-refractivity contribution in [2.45, 2.75) is 32.5 Å². The molecule has 2 nitrogen and oxygen atoms in total. The minimum Gasteiger partial charge on any atom is -0.370 e. The molecule has 0 aromatic heterocycles. The zero-order valence-corrected chi connectivity index (χ0v) is 10.3. The molecule has 1 aromatic rings. The van der Waals surface area contributed by atoms with Crippen LogP contribution in [0.25, 0.3) is 0 Å². The van der Waals surface area contributed by atoms with E-state index in [-0.39, 0.29) is 5.78 Å². The molecule has 5 heteroatoms. The van der Waals surface area contributed by atoms with Crippen LogP contribution in [0, 0.1) is 6.92 Å². The van der Waals surface area contributed by atoms with Gasteiger partial charge in [-0.05, 0) is 13.8 Å².